The Kier molecular flexibility index (Phi) is 3.93. The maximum atomic E-state index is 10.9. The number of hydrogen-bond acceptors (Lipinski definition) is 6. The van der Waals surface area contributed by atoms with Crippen LogP contribution >= 0.6 is 0 Å². The Morgan fingerprint density at radius 2 is 1.68 bits per heavy atom. The van der Waals surface area contributed by atoms with E-state index in [1.54, 1.807) is 19.1 Å². The van der Waals surface area contributed by atoms with E-state index in [-0.39, 0.29) is 17.7 Å². The molecule has 0 aliphatic heterocycles. The molecule has 0 fully saturated rings. The van der Waals surface area contributed by atoms with Crippen molar-refractivity contribution in [2.24, 2.45) is 0 Å². The van der Waals surface area contributed by atoms with Gasteiger partial charge in [0.1, 0.15) is 5.75 Å². The third-order valence-electron chi connectivity index (χ3n) is 3.18. The molecule has 22 heavy (non-hydrogen) atoms. The summed E-state index contributed by atoms with van der Waals surface area (Å²) in [6.45, 7) is 1.79. The molecular formula is C14H12N2O6. The van der Waals surface area contributed by atoms with E-state index in [2.05, 4.69) is 0 Å². The standard InChI is InChI=1S/C14H12N2O6/c1-8-2-3-13(17)9(4-8)5-10-6-11(15(19)20)7-12(14(10)18)16(21)22/h2-4,6-7,17-18H,5H2,1H3. The molecule has 2 N–H and O–H groups in total. The van der Waals surface area contributed by atoms with Crippen LogP contribution in [0.2, 0.25) is 0 Å². The van der Waals surface area contributed by atoms with Crippen LogP contribution in [0.25, 0.3) is 0 Å². The minimum Gasteiger partial charge on any atom is -0.508 e. The molecule has 0 aromatic heterocycles. The molecule has 114 valence electrons. The summed E-state index contributed by atoms with van der Waals surface area (Å²) in [5, 5.41) is 41.5. The molecule has 0 atom stereocenters. The van der Waals surface area contributed by atoms with Crippen LogP contribution in [0.3, 0.4) is 0 Å². The summed E-state index contributed by atoms with van der Waals surface area (Å²) in [7, 11) is 0. The summed E-state index contributed by atoms with van der Waals surface area (Å²) < 4.78 is 0. The molecule has 0 saturated carbocycles. The van der Waals surface area contributed by atoms with E-state index in [9.17, 15) is 30.4 Å². The molecule has 0 radical (unpaired) electrons. The maximum absolute atomic E-state index is 10.9. The fourth-order valence-corrected chi connectivity index (χ4v) is 2.10. The van der Waals surface area contributed by atoms with Crippen LogP contribution in [0.1, 0.15) is 16.7 Å². The summed E-state index contributed by atoms with van der Waals surface area (Å²) in [4.78, 5) is 20.1. The number of nitrogens with zero attached hydrogens (tertiary/aromatic N) is 2. The van der Waals surface area contributed by atoms with Crippen molar-refractivity contribution in [3.63, 3.8) is 0 Å². The average Bonchev–Trinajstić information content (AvgIpc) is 2.44. The lowest BCUT2D eigenvalue weighted by Gasteiger charge is -2.08. The molecule has 2 aromatic rings. The van der Waals surface area contributed by atoms with Crippen LogP contribution in [-0.4, -0.2) is 20.1 Å². The van der Waals surface area contributed by atoms with Crippen LogP contribution in [0.15, 0.2) is 30.3 Å². The lowest BCUT2D eigenvalue weighted by molar-refractivity contribution is -0.394. The molecule has 8 nitrogen and oxygen atoms in total. The highest BCUT2D eigenvalue weighted by molar-refractivity contribution is 5.59. The van der Waals surface area contributed by atoms with E-state index in [0.29, 0.717) is 11.6 Å². The van der Waals surface area contributed by atoms with Crippen LogP contribution in [0.5, 0.6) is 11.5 Å². The summed E-state index contributed by atoms with van der Waals surface area (Å²) in [5.74, 6) is -0.698. The van der Waals surface area contributed by atoms with Crippen molar-refractivity contribution in [2.45, 2.75) is 13.3 Å². The van der Waals surface area contributed by atoms with Gasteiger partial charge in [0.15, 0.2) is 5.75 Å². The summed E-state index contributed by atoms with van der Waals surface area (Å²) in [6.07, 6.45) is -0.0676. The van der Waals surface area contributed by atoms with Gasteiger partial charge in [-0.05, 0) is 18.6 Å². The second kappa shape index (κ2) is 5.68. The first-order valence-electron chi connectivity index (χ1n) is 6.22. The van der Waals surface area contributed by atoms with Crippen molar-refractivity contribution in [1.82, 2.24) is 0 Å². The summed E-state index contributed by atoms with van der Waals surface area (Å²) >= 11 is 0. The molecule has 2 aromatic carbocycles. The molecular weight excluding hydrogens is 292 g/mol. The highest BCUT2D eigenvalue weighted by Crippen LogP contribution is 2.36. The predicted octanol–water partition coefficient (Wildman–Crippen LogP) is 2.81. The Morgan fingerprint density at radius 3 is 2.27 bits per heavy atom. The number of hydrogen-bond donors (Lipinski definition) is 2. The van der Waals surface area contributed by atoms with E-state index in [1.807, 2.05) is 0 Å². The fourth-order valence-electron chi connectivity index (χ4n) is 2.10. The van der Waals surface area contributed by atoms with Gasteiger partial charge >= 0.3 is 5.69 Å². The number of non-ortho nitro benzene ring substituents is 1. The average molecular weight is 304 g/mol. The van der Waals surface area contributed by atoms with Gasteiger partial charge in [0.2, 0.25) is 0 Å². The first kappa shape index (κ1) is 15.2. The Balaban J connectivity index is 2.56. The minimum atomic E-state index is -0.887. The first-order valence-corrected chi connectivity index (χ1v) is 6.22. The van der Waals surface area contributed by atoms with Gasteiger partial charge in [-0.15, -0.1) is 0 Å². The third kappa shape index (κ3) is 2.95. The second-order valence-corrected chi connectivity index (χ2v) is 4.80. The Labute approximate surface area is 124 Å². The highest BCUT2D eigenvalue weighted by atomic mass is 16.6. The maximum Gasteiger partial charge on any atom is 0.317 e. The predicted molar refractivity (Wildman–Crippen MR) is 77.1 cm³/mol. The largest absolute Gasteiger partial charge is 0.508 e. The number of aryl methyl sites for hydroxylation is 1. The normalized spacial score (nSPS) is 10.4. The van der Waals surface area contributed by atoms with Crippen LogP contribution in [0.4, 0.5) is 11.4 Å². The van der Waals surface area contributed by atoms with E-state index in [1.165, 1.54) is 6.07 Å². The lowest BCUT2D eigenvalue weighted by Crippen LogP contribution is -1.98. The minimum absolute atomic E-state index is 0.00167. The second-order valence-electron chi connectivity index (χ2n) is 4.80. The van der Waals surface area contributed by atoms with Gasteiger partial charge in [-0.3, -0.25) is 20.2 Å². The van der Waals surface area contributed by atoms with Crippen LogP contribution < -0.4 is 0 Å². The van der Waals surface area contributed by atoms with Crippen molar-refractivity contribution in [2.75, 3.05) is 0 Å². The zero-order valence-electron chi connectivity index (χ0n) is 11.5. The molecule has 8 heteroatoms. The van der Waals surface area contributed by atoms with Gasteiger partial charge in [-0.25, -0.2) is 0 Å². The number of phenolic OH excluding ortho intramolecular Hbond substituents is 2. The van der Waals surface area contributed by atoms with Gasteiger partial charge in [-0.2, -0.15) is 0 Å². The van der Waals surface area contributed by atoms with E-state index >= 15 is 0 Å². The van der Waals surface area contributed by atoms with Gasteiger partial charge in [-0.1, -0.05) is 17.7 Å². The number of phenols is 2. The molecule has 0 aliphatic rings. The van der Waals surface area contributed by atoms with E-state index in [0.717, 1.165) is 11.6 Å². The number of nitro groups is 2. The van der Waals surface area contributed by atoms with E-state index in [4.69, 9.17) is 0 Å². The zero-order valence-corrected chi connectivity index (χ0v) is 11.5. The SMILES string of the molecule is Cc1ccc(O)c(Cc2cc([N+](=O)[O-])cc([N+](=O)[O-])c2O)c1. The molecule has 0 heterocycles. The monoisotopic (exact) mass is 304 g/mol. The van der Waals surface area contributed by atoms with Gasteiger partial charge in [0.25, 0.3) is 5.69 Å². The molecule has 0 spiro atoms. The van der Waals surface area contributed by atoms with Gasteiger partial charge in [0.05, 0.1) is 15.9 Å². The van der Waals surface area contributed by atoms with Gasteiger partial charge in [0, 0.05) is 18.1 Å². The van der Waals surface area contributed by atoms with Crippen molar-refractivity contribution >= 4 is 11.4 Å². The summed E-state index contributed by atoms with van der Waals surface area (Å²) in [5.41, 5.74) is 0.0158. The molecule has 0 saturated heterocycles. The quantitative estimate of drug-likeness (QED) is 0.660. The van der Waals surface area contributed by atoms with Crippen LogP contribution in [-0.2, 0) is 6.42 Å². The smallest absolute Gasteiger partial charge is 0.317 e. The zero-order chi connectivity index (χ0) is 16.4. The number of aromatic hydroxyl groups is 2. The van der Waals surface area contributed by atoms with Crippen molar-refractivity contribution < 1.29 is 20.1 Å². The highest BCUT2D eigenvalue weighted by Gasteiger charge is 2.24. The summed E-state index contributed by atoms with van der Waals surface area (Å²) in [6, 6.07) is 6.53. The number of rotatable bonds is 4. The Bertz CT molecular complexity index is 772. The van der Waals surface area contributed by atoms with Crippen molar-refractivity contribution in [3.8, 4) is 11.5 Å². The van der Waals surface area contributed by atoms with Crippen molar-refractivity contribution in [1.29, 1.82) is 0 Å². The number of nitro benzene ring substituents is 2. The first-order chi connectivity index (χ1) is 10.3. The topological polar surface area (TPSA) is 127 Å². The fraction of sp³-hybridized carbons (Fsp3) is 0.143. The lowest BCUT2D eigenvalue weighted by atomic mass is 10.00. The Morgan fingerprint density at radius 1 is 1.00 bits per heavy atom. The van der Waals surface area contributed by atoms with E-state index < -0.39 is 27.0 Å². The number of benzene rings is 2. The van der Waals surface area contributed by atoms with Crippen LogP contribution in [0, 0.1) is 27.2 Å². The molecule has 0 amide bonds. The molecule has 2 rings (SSSR count). The Hall–Kier alpha value is -3.16. The van der Waals surface area contributed by atoms with Gasteiger partial charge < -0.3 is 10.2 Å². The molecule has 0 bridgehead atoms. The molecule has 0 aliphatic carbocycles. The molecule has 0 unspecified atom stereocenters. The third-order valence-corrected chi connectivity index (χ3v) is 3.18. The van der Waals surface area contributed by atoms with Crippen molar-refractivity contribution in [3.05, 3.63) is 67.3 Å².